The third kappa shape index (κ3) is 3.92. The molecule has 2 nitrogen and oxygen atoms in total. The van der Waals surface area contributed by atoms with E-state index in [1.54, 1.807) is 11.3 Å². The molecule has 0 saturated carbocycles. The fourth-order valence-electron chi connectivity index (χ4n) is 2.48. The minimum atomic E-state index is 0.139. The van der Waals surface area contributed by atoms with Crippen LogP contribution in [0, 0.1) is 0 Å². The van der Waals surface area contributed by atoms with Gasteiger partial charge in [0.2, 0.25) is 0 Å². The summed E-state index contributed by atoms with van der Waals surface area (Å²) in [5, 5.41) is 4.32. The van der Waals surface area contributed by atoms with Gasteiger partial charge in [0.25, 0.3) is 0 Å². The summed E-state index contributed by atoms with van der Waals surface area (Å²) in [6.45, 7) is 3.08. The molecule has 20 heavy (non-hydrogen) atoms. The summed E-state index contributed by atoms with van der Waals surface area (Å²) in [6.07, 6.45) is 0.967. The second-order valence-corrected chi connectivity index (χ2v) is 6.81. The van der Waals surface area contributed by atoms with Crippen molar-refractivity contribution < 1.29 is 0 Å². The standard InChI is InChI=1S/C16H21BrN2S/c1-3-15(18)16(13-4-6-14(17)7-5-13)19(2)10-12-8-9-20-11-12/h4-9,11,15-16H,3,10,18H2,1-2H3. The summed E-state index contributed by atoms with van der Waals surface area (Å²) in [5.41, 5.74) is 8.99. The first-order valence-corrected chi connectivity index (χ1v) is 8.57. The van der Waals surface area contributed by atoms with Crippen molar-refractivity contribution >= 4 is 27.3 Å². The third-order valence-electron chi connectivity index (χ3n) is 3.58. The van der Waals surface area contributed by atoms with Gasteiger partial charge in [0, 0.05) is 23.1 Å². The van der Waals surface area contributed by atoms with E-state index in [2.05, 4.69) is 75.9 Å². The minimum absolute atomic E-state index is 0.139. The van der Waals surface area contributed by atoms with Crippen LogP contribution in [-0.4, -0.2) is 18.0 Å². The number of hydrogen-bond donors (Lipinski definition) is 1. The summed E-state index contributed by atoms with van der Waals surface area (Å²) in [5.74, 6) is 0. The van der Waals surface area contributed by atoms with Crippen LogP contribution in [0.2, 0.25) is 0 Å². The number of nitrogens with zero attached hydrogens (tertiary/aromatic N) is 1. The Morgan fingerprint density at radius 2 is 1.95 bits per heavy atom. The number of benzene rings is 1. The number of nitrogens with two attached hydrogens (primary N) is 1. The molecule has 0 aliphatic carbocycles. The van der Waals surface area contributed by atoms with E-state index < -0.39 is 0 Å². The van der Waals surface area contributed by atoms with Crippen molar-refractivity contribution in [1.82, 2.24) is 4.90 Å². The van der Waals surface area contributed by atoms with Crippen LogP contribution in [0.3, 0.4) is 0 Å². The first-order valence-electron chi connectivity index (χ1n) is 6.84. The van der Waals surface area contributed by atoms with Crippen LogP contribution in [0.4, 0.5) is 0 Å². The Morgan fingerprint density at radius 3 is 2.50 bits per heavy atom. The fourth-order valence-corrected chi connectivity index (χ4v) is 3.40. The molecular weight excluding hydrogens is 332 g/mol. The predicted molar refractivity (Wildman–Crippen MR) is 90.9 cm³/mol. The average molecular weight is 353 g/mol. The zero-order chi connectivity index (χ0) is 14.5. The molecule has 0 radical (unpaired) electrons. The maximum Gasteiger partial charge on any atom is 0.0499 e. The summed E-state index contributed by atoms with van der Waals surface area (Å²) in [7, 11) is 2.15. The van der Waals surface area contributed by atoms with Gasteiger partial charge < -0.3 is 5.73 Å². The molecule has 108 valence electrons. The quantitative estimate of drug-likeness (QED) is 0.833. The van der Waals surface area contributed by atoms with E-state index in [0.717, 1.165) is 17.4 Å². The lowest BCUT2D eigenvalue weighted by atomic mass is 9.96. The molecular formula is C16H21BrN2S. The highest BCUT2D eigenvalue weighted by molar-refractivity contribution is 9.10. The summed E-state index contributed by atoms with van der Waals surface area (Å²) in [6, 6.07) is 11.1. The molecule has 2 N–H and O–H groups in total. The lowest BCUT2D eigenvalue weighted by molar-refractivity contribution is 0.202. The number of rotatable bonds is 6. The van der Waals surface area contributed by atoms with Gasteiger partial charge in [-0.2, -0.15) is 11.3 Å². The van der Waals surface area contributed by atoms with Crippen LogP contribution in [0.15, 0.2) is 45.6 Å². The summed E-state index contributed by atoms with van der Waals surface area (Å²) >= 11 is 5.23. The van der Waals surface area contributed by atoms with Gasteiger partial charge in [-0.25, -0.2) is 0 Å². The van der Waals surface area contributed by atoms with E-state index in [0.29, 0.717) is 0 Å². The number of thiophene rings is 1. The van der Waals surface area contributed by atoms with Crippen molar-refractivity contribution in [1.29, 1.82) is 0 Å². The van der Waals surface area contributed by atoms with Gasteiger partial charge in [-0.15, -0.1) is 0 Å². The van der Waals surface area contributed by atoms with Crippen molar-refractivity contribution in [3.8, 4) is 0 Å². The fraction of sp³-hybridized carbons (Fsp3) is 0.375. The lowest BCUT2D eigenvalue weighted by Gasteiger charge is -2.32. The first kappa shape index (κ1) is 15.7. The van der Waals surface area contributed by atoms with Crippen LogP contribution < -0.4 is 5.73 Å². The van der Waals surface area contributed by atoms with Crippen molar-refractivity contribution in [2.24, 2.45) is 5.73 Å². The highest BCUT2D eigenvalue weighted by atomic mass is 79.9. The van der Waals surface area contributed by atoms with E-state index in [4.69, 9.17) is 5.73 Å². The molecule has 2 rings (SSSR count). The number of halogens is 1. The van der Waals surface area contributed by atoms with E-state index >= 15 is 0 Å². The smallest absolute Gasteiger partial charge is 0.0499 e. The van der Waals surface area contributed by atoms with E-state index in [9.17, 15) is 0 Å². The Hall–Kier alpha value is -0.680. The van der Waals surface area contributed by atoms with Gasteiger partial charge in [0.15, 0.2) is 0 Å². The average Bonchev–Trinajstić information content (AvgIpc) is 2.94. The van der Waals surface area contributed by atoms with Crippen LogP contribution in [-0.2, 0) is 6.54 Å². The largest absolute Gasteiger partial charge is 0.326 e. The normalized spacial score (nSPS) is 14.4. The van der Waals surface area contributed by atoms with Crippen molar-refractivity contribution in [3.05, 3.63) is 56.7 Å². The Morgan fingerprint density at radius 1 is 1.25 bits per heavy atom. The van der Waals surface area contributed by atoms with Crippen LogP contribution >= 0.6 is 27.3 Å². The molecule has 1 aromatic heterocycles. The van der Waals surface area contributed by atoms with Crippen molar-refractivity contribution in [3.63, 3.8) is 0 Å². The van der Waals surface area contributed by atoms with E-state index in [-0.39, 0.29) is 12.1 Å². The lowest BCUT2D eigenvalue weighted by Crippen LogP contribution is -2.38. The molecule has 2 unspecified atom stereocenters. The Kier molecular flexibility index (Phi) is 5.78. The van der Waals surface area contributed by atoms with Crippen LogP contribution in [0.25, 0.3) is 0 Å². The molecule has 0 spiro atoms. The second kappa shape index (κ2) is 7.36. The molecule has 0 amide bonds. The number of hydrogen-bond acceptors (Lipinski definition) is 3. The Labute approximate surface area is 133 Å². The minimum Gasteiger partial charge on any atom is -0.326 e. The van der Waals surface area contributed by atoms with Crippen molar-refractivity contribution in [2.75, 3.05) is 7.05 Å². The van der Waals surface area contributed by atoms with Crippen LogP contribution in [0.1, 0.15) is 30.5 Å². The monoisotopic (exact) mass is 352 g/mol. The van der Waals surface area contributed by atoms with Gasteiger partial charge >= 0.3 is 0 Å². The first-order chi connectivity index (χ1) is 9.61. The summed E-state index contributed by atoms with van der Waals surface area (Å²) in [4.78, 5) is 2.35. The number of likely N-dealkylation sites (N-methyl/N-ethyl adjacent to an activating group) is 1. The van der Waals surface area contributed by atoms with E-state index in [1.807, 2.05) is 0 Å². The molecule has 2 atom stereocenters. The SMILES string of the molecule is CCC(N)C(c1ccc(Br)cc1)N(C)Cc1ccsc1. The molecule has 0 aliphatic rings. The highest BCUT2D eigenvalue weighted by Crippen LogP contribution is 2.27. The molecule has 0 bridgehead atoms. The molecule has 0 fully saturated rings. The van der Waals surface area contributed by atoms with E-state index in [1.165, 1.54) is 11.1 Å². The second-order valence-electron chi connectivity index (χ2n) is 5.12. The maximum absolute atomic E-state index is 6.37. The molecule has 0 saturated heterocycles. The maximum atomic E-state index is 6.37. The molecule has 0 aliphatic heterocycles. The molecule has 1 heterocycles. The van der Waals surface area contributed by atoms with Gasteiger partial charge in [-0.05, 0) is 53.6 Å². The van der Waals surface area contributed by atoms with Crippen LogP contribution in [0.5, 0.6) is 0 Å². The highest BCUT2D eigenvalue weighted by Gasteiger charge is 2.23. The van der Waals surface area contributed by atoms with Gasteiger partial charge in [-0.3, -0.25) is 4.90 Å². The zero-order valence-electron chi connectivity index (χ0n) is 11.9. The van der Waals surface area contributed by atoms with Crippen molar-refractivity contribution in [2.45, 2.75) is 32.0 Å². The van der Waals surface area contributed by atoms with Gasteiger partial charge in [0.1, 0.15) is 0 Å². The molecule has 2 aromatic rings. The molecule has 4 heteroatoms. The zero-order valence-corrected chi connectivity index (χ0v) is 14.3. The van der Waals surface area contributed by atoms with Gasteiger partial charge in [0.05, 0.1) is 0 Å². The Bertz CT molecular complexity index is 510. The Balaban J connectivity index is 2.20. The predicted octanol–water partition coefficient (Wildman–Crippen LogP) is 4.42. The molecule has 1 aromatic carbocycles. The van der Waals surface area contributed by atoms with Gasteiger partial charge in [-0.1, -0.05) is 35.0 Å². The third-order valence-corrected chi connectivity index (χ3v) is 4.84. The topological polar surface area (TPSA) is 29.3 Å². The summed E-state index contributed by atoms with van der Waals surface area (Å²) < 4.78 is 1.10.